The van der Waals surface area contributed by atoms with Gasteiger partial charge in [-0.2, -0.15) is 5.10 Å². The van der Waals surface area contributed by atoms with Crippen molar-refractivity contribution in [1.29, 1.82) is 0 Å². The quantitative estimate of drug-likeness (QED) is 0.789. The maximum atomic E-state index is 12.6. The zero-order valence-electron chi connectivity index (χ0n) is 15.1. The lowest BCUT2D eigenvalue weighted by atomic mass is 10.1. The van der Waals surface area contributed by atoms with Crippen molar-refractivity contribution in [1.82, 2.24) is 5.01 Å². The molecule has 0 unspecified atom stereocenters. The molecule has 1 N–H and O–H groups in total. The van der Waals surface area contributed by atoms with Crippen molar-refractivity contribution >= 4 is 33.1 Å². The van der Waals surface area contributed by atoms with E-state index in [0.717, 1.165) is 5.01 Å². The van der Waals surface area contributed by atoms with Crippen molar-refractivity contribution in [2.24, 2.45) is 5.10 Å². The summed E-state index contributed by atoms with van der Waals surface area (Å²) in [6.45, 7) is 0. The van der Waals surface area contributed by atoms with E-state index in [0.29, 0.717) is 23.6 Å². The molecule has 146 valence electrons. The highest BCUT2D eigenvalue weighted by Crippen LogP contribution is 2.26. The number of methoxy groups -OCH3 is 2. The predicted octanol–water partition coefficient (Wildman–Crippen LogP) is 0.808. The van der Waals surface area contributed by atoms with Gasteiger partial charge in [0, 0.05) is 36.7 Å². The van der Waals surface area contributed by atoms with Crippen LogP contribution < -0.4 is 14.8 Å². The molecule has 2 heterocycles. The summed E-state index contributed by atoms with van der Waals surface area (Å²) in [5, 5.41) is 8.03. The first kappa shape index (κ1) is 19.2. The molecule has 2 amide bonds. The summed E-state index contributed by atoms with van der Waals surface area (Å²) in [6.07, 6.45) is 0.644. The van der Waals surface area contributed by atoms with E-state index in [2.05, 4.69) is 10.4 Å². The summed E-state index contributed by atoms with van der Waals surface area (Å²) in [7, 11) is -0.152. The van der Waals surface area contributed by atoms with Gasteiger partial charge in [-0.1, -0.05) is 0 Å². The summed E-state index contributed by atoms with van der Waals surface area (Å²) >= 11 is 0. The van der Waals surface area contributed by atoms with Crippen LogP contribution in [-0.2, 0) is 19.4 Å². The zero-order chi connectivity index (χ0) is 19.6. The fourth-order valence-electron chi connectivity index (χ4n) is 3.07. The number of hydrogen-bond acceptors (Lipinski definition) is 7. The molecular weight excluding hydrogens is 374 g/mol. The molecule has 0 aliphatic carbocycles. The molecule has 2 aliphatic rings. The third kappa shape index (κ3) is 4.38. The lowest BCUT2D eigenvalue weighted by Crippen LogP contribution is -2.42. The third-order valence-electron chi connectivity index (χ3n) is 4.49. The first-order valence-electron chi connectivity index (χ1n) is 8.45. The summed E-state index contributed by atoms with van der Waals surface area (Å²) in [4.78, 5) is 24.7. The van der Waals surface area contributed by atoms with Crippen LogP contribution in [0.1, 0.15) is 19.3 Å². The second-order valence-corrected chi connectivity index (χ2v) is 8.63. The topological polar surface area (TPSA) is 114 Å². The lowest BCUT2D eigenvalue weighted by Gasteiger charge is -2.27. The van der Waals surface area contributed by atoms with E-state index in [1.54, 1.807) is 18.2 Å². The number of hydrazone groups is 1. The molecule has 1 fully saturated rings. The van der Waals surface area contributed by atoms with E-state index in [1.165, 1.54) is 14.2 Å². The van der Waals surface area contributed by atoms with Crippen molar-refractivity contribution in [3.8, 4) is 11.5 Å². The average molecular weight is 395 g/mol. The zero-order valence-corrected chi connectivity index (χ0v) is 15.9. The van der Waals surface area contributed by atoms with Crippen molar-refractivity contribution in [2.75, 3.05) is 31.0 Å². The Kier molecular flexibility index (Phi) is 5.36. The number of anilines is 1. The second-order valence-electron chi connectivity index (χ2n) is 6.40. The fourth-order valence-corrected chi connectivity index (χ4v) is 4.76. The third-order valence-corrected chi connectivity index (χ3v) is 6.24. The molecule has 1 saturated heterocycles. The molecule has 0 saturated carbocycles. The summed E-state index contributed by atoms with van der Waals surface area (Å²) < 4.78 is 33.7. The Labute approximate surface area is 157 Å². The van der Waals surface area contributed by atoms with Crippen LogP contribution in [0.2, 0.25) is 0 Å². The Morgan fingerprint density at radius 1 is 1.19 bits per heavy atom. The molecule has 0 spiro atoms. The van der Waals surface area contributed by atoms with E-state index in [9.17, 15) is 18.0 Å². The maximum absolute atomic E-state index is 12.6. The minimum Gasteiger partial charge on any atom is -0.497 e. The summed E-state index contributed by atoms with van der Waals surface area (Å²) in [5.74, 6) is 0.221. The Bertz CT molecular complexity index is 874. The van der Waals surface area contributed by atoms with Gasteiger partial charge in [-0.05, 0) is 6.42 Å². The van der Waals surface area contributed by atoms with E-state index in [4.69, 9.17) is 9.47 Å². The van der Waals surface area contributed by atoms with Gasteiger partial charge in [0.25, 0.3) is 5.91 Å². The van der Waals surface area contributed by atoms with Crippen LogP contribution in [0.3, 0.4) is 0 Å². The molecule has 3 rings (SSSR count). The molecule has 0 bridgehead atoms. The second kappa shape index (κ2) is 7.55. The van der Waals surface area contributed by atoms with Crippen LogP contribution in [0, 0.1) is 0 Å². The number of nitrogens with zero attached hydrogens (tertiary/aromatic N) is 2. The number of carbonyl (C=O) groups excluding carboxylic acids is 2. The van der Waals surface area contributed by atoms with Gasteiger partial charge >= 0.3 is 0 Å². The number of nitrogens with one attached hydrogen (secondary N) is 1. The number of hydrogen-bond donors (Lipinski definition) is 1. The monoisotopic (exact) mass is 395 g/mol. The lowest BCUT2D eigenvalue weighted by molar-refractivity contribution is -0.133. The predicted molar refractivity (Wildman–Crippen MR) is 98.7 cm³/mol. The Morgan fingerprint density at radius 3 is 2.41 bits per heavy atom. The van der Waals surface area contributed by atoms with E-state index in [1.807, 2.05) is 0 Å². The smallest absolute Gasteiger partial charge is 0.271 e. The van der Waals surface area contributed by atoms with Gasteiger partial charge in [0.05, 0.1) is 31.8 Å². The largest absolute Gasteiger partial charge is 0.497 e. The average Bonchev–Trinajstić information content (AvgIpc) is 3.01. The minimum atomic E-state index is -3.16. The van der Waals surface area contributed by atoms with Crippen LogP contribution >= 0.6 is 0 Å². The van der Waals surface area contributed by atoms with Gasteiger partial charge in [0.1, 0.15) is 17.2 Å². The number of benzene rings is 1. The molecule has 1 aromatic carbocycles. The summed E-state index contributed by atoms with van der Waals surface area (Å²) in [6, 6.07) is 4.43. The van der Waals surface area contributed by atoms with E-state index < -0.39 is 21.8 Å². The van der Waals surface area contributed by atoms with Gasteiger partial charge in [-0.15, -0.1) is 0 Å². The van der Waals surface area contributed by atoms with Crippen LogP contribution in [0.5, 0.6) is 11.5 Å². The number of ether oxygens (including phenoxy) is 2. The van der Waals surface area contributed by atoms with Crippen LogP contribution in [0.25, 0.3) is 0 Å². The number of sulfone groups is 1. The highest BCUT2D eigenvalue weighted by molar-refractivity contribution is 7.91. The number of rotatable bonds is 5. The van der Waals surface area contributed by atoms with Gasteiger partial charge in [-0.25, -0.2) is 13.4 Å². The molecule has 2 aliphatic heterocycles. The molecular formula is C17H21N3O6S. The Morgan fingerprint density at radius 2 is 1.85 bits per heavy atom. The van der Waals surface area contributed by atoms with Crippen molar-refractivity contribution in [3.05, 3.63) is 18.2 Å². The van der Waals surface area contributed by atoms with Crippen LogP contribution in [-0.4, -0.2) is 62.7 Å². The van der Waals surface area contributed by atoms with Gasteiger partial charge in [0.2, 0.25) is 5.91 Å². The molecule has 0 aromatic heterocycles. The molecule has 1 atom stereocenters. The van der Waals surface area contributed by atoms with Crippen LogP contribution in [0.15, 0.2) is 23.3 Å². The SMILES string of the molecule is COc1cc(NC(=O)C2=NN([C@H]3CCS(=O)(=O)C3)C(=O)CC2)cc(OC)c1. The Hall–Kier alpha value is -2.62. The highest BCUT2D eigenvalue weighted by atomic mass is 32.2. The minimum absolute atomic E-state index is 0.0299. The summed E-state index contributed by atoms with van der Waals surface area (Å²) in [5.41, 5.74) is 0.645. The molecule has 27 heavy (non-hydrogen) atoms. The van der Waals surface area contributed by atoms with Crippen LogP contribution in [0.4, 0.5) is 5.69 Å². The van der Waals surface area contributed by atoms with Gasteiger partial charge in [-0.3, -0.25) is 9.59 Å². The molecule has 0 radical (unpaired) electrons. The van der Waals surface area contributed by atoms with Crippen molar-refractivity contribution in [3.63, 3.8) is 0 Å². The molecule has 9 nitrogen and oxygen atoms in total. The normalized spacial score (nSPS) is 21.6. The van der Waals surface area contributed by atoms with E-state index in [-0.39, 0.29) is 36.0 Å². The number of carbonyl (C=O) groups is 2. The van der Waals surface area contributed by atoms with Crippen molar-refractivity contribution in [2.45, 2.75) is 25.3 Å². The fraction of sp³-hybridized carbons (Fsp3) is 0.471. The highest BCUT2D eigenvalue weighted by Gasteiger charge is 2.37. The van der Waals surface area contributed by atoms with E-state index >= 15 is 0 Å². The molecule has 1 aromatic rings. The van der Waals surface area contributed by atoms with Crippen molar-refractivity contribution < 1.29 is 27.5 Å². The maximum Gasteiger partial charge on any atom is 0.271 e. The first-order chi connectivity index (χ1) is 12.8. The molecule has 10 heteroatoms. The standard InChI is InChI=1S/C17H21N3O6S/c1-25-13-7-11(8-14(9-13)26-2)18-17(22)15-3-4-16(21)20(19-15)12-5-6-27(23,24)10-12/h7-9,12H,3-6,10H2,1-2H3,(H,18,22)/t12-/m0/s1. The van der Waals surface area contributed by atoms with Gasteiger partial charge < -0.3 is 14.8 Å². The number of amides is 2. The first-order valence-corrected chi connectivity index (χ1v) is 10.3. The Balaban J connectivity index is 1.78. The van der Waals surface area contributed by atoms with Gasteiger partial charge in [0.15, 0.2) is 9.84 Å².